The first-order valence-corrected chi connectivity index (χ1v) is 19.8. The van der Waals surface area contributed by atoms with Gasteiger partial charge in [0.2, 0.25) is 0 Å². The predicted octanol–water partition coefficient (Wildman–Crippen LogP) is 10.2. The molecule has 1 aliphatic rings. The molecule has 0 spiro atoms. The highest BCUT2D eigenvalue weighted by Gasteiger charge is 2.37. The van der Waals surface area contributed by atoms with Gasteiger partial charge in [0, 0.05) is 16.7 Å². The zero-order valence-corrected chi connectivity index (χ0v) is 28.4. The van der Waals surface area contributed by atoms with Gasteiger partial charge in [0.05, 0.1) is 0 Å². The first kappa shape index (κ1) is 29.2. The van der Waals surface area contributed by atoms with Crippen molar-refractivity contribution >= 4 is 29.2 Å². The molecule has 49 heavy (non-hydrogen) atoms. The summed E-state index contributed by atoms with van der Waals surface area (Å²) in [5, 5.41) is 5.25. The Morgan fingerprint density at radius 1 is 0.327 bits per heavy atom. The van der Waals surface area contributed by atoms with Gasteiger partial charge in [0.25, 0.3) is 0 Å². The molecule has 0 amide bonds. The fraction of sp³-hybridized carbons (Fsp3) is 0.0444. The van der Waals surface area contributed by atoms with Crippen LogP contribution in [0.25, 0.3) is 78.3 Å². The molecule has 1 aliphatic heterocycles. The van der Waals surface area contributed by atoms with Crippen LogP contribution in [0.2, 0.25) is 13.1 Å². The van der Waals surface area contributed by atoms with Crippen molar-refractivity contribution in [2.45, 2.75) is 13.1 Å². The molecule has 0 bridgehead atoms. The van der Waals surface area contributed by atoms with E-state index in [1.165, 1.54) is 38.0 Å². The van der Waals surface area contributed by atoms with E-state index in [0.717, 1.165) is 33.2 Å². The molecule has 1 aromatic heterocycles. The van der Waals surface area contributed by atoms with Crippen LogP contribution in [0.4, 0.5) is 0 Å². The van der Waals surface area contributed by atoms with Gasteiger partial charge in [-0.3, -0.25) is 0 Å². The number of rotatable bonds is 5. The van der Waals surface area contributed by atoms with Crippen LogP contribution in [0.5, 0.6) is 0 Å². The summed E-state index contributed by atoms with van der Waals surface area (Å²) in [6.07, 6.45) is 0. The lowest BCUT2D eigenvalue weighted by atomic mass is 9.98. The lowest BCUT2D eigenvalue weighted by molar-refractivity contribution is 1.08. The van der Waals surface area contributed by atoms with Gasteiger partial charge in [-0.1, -0.05) is 165 Å². The third-order valence-electron chi connectivity index (χ3n) is 9.94. The molecule has 0 aliphatic carbocycles. The van der Waals surface area contributed by atoms with E-state index in [2.05, 4.69) is 171 Å². The highest BCUT2D eigenvalue weighted by Crippen LogP contribution is 2.35. The largest absolute Gasteiger partial charge is 0.208 e. The lowest BCUT2D eigenvalue weighted by Crippen LogP contribution is -2.49. The Labute approximate surface area is 287 Å². The number of hydrogen-bond acceptors (Lipinski definition) is 3. The molecule has 0 saturated heterocycles. The van der Waals surface area contributed by atoms with Crippen molar-refractivity contribution in [3.8, 4) is 67.5 Å². The molecule has 3 nitrogen and oxygen atoms in total. The van der Waals surface area contributed by atoms with Gasteiger partial charge >= 0.3 is 0 Å². The monoisotopic (exact) mass is 643 g/mol. The van der Waals surface area contributed by atoms with E-state index in [9.17, 15) is 0 Å². The second kappa shape index (κ2) is 11.6. The molecule has 0 atom stereocenters. The number of aromatic nitrogens is 3. The van der Waals surface area contributed by atoms with Crippen molar-refractivity contribution in [1.82, 2.24) is 15.0 Å². The Bertz CT molecular complexity index is 2520. The second-order valence-electron chi connectivity index (χ2n) is 13.3. The van der Waals surface area contributed by atoms with Gasteiger partial charge < -0.3 is 0 Å². The average Bonchev–Trinajstić information content (AvgIpc) is 3.40. The molecule has 0 N–H and O–H groups in total. The van der Waals surface area contributed by atoms with E-state index in [-0.39, 0.29) is 0 Å². The summed E-state index contributed by atoms with van der Waals surface area (Å²) in [5.74, 6) is 2.02. The topological polar surface area (TPSA) is 38.7 Å². The molecular formula is C45H33N3Si. The predicted molar refractivity (Wildman–Crippen MR) is 207 cm³/mol. The van der Waals surface area contributed by atoms with Crippen molar-refractivity contribution in [2.75, 3.05) is 0 Å². The molecule has 0 unspecified atom stereocenters. The maximum absolute atomic E-state index is 5.21. The first-order chi connectivity index (χ1) is 24.0. The molecule has 232 valence electrons. The minimum absolute atomic E-state index is 0.664. The SMILES string of the molecule is C[Si]1(C)c2ccccc2-c2ccc(-c3nc(-c4ccc5cc(-c6ccccc6)ccc5c4)nc(-c4ccccc4-c4ccccc4)n3)cc21. The van der Waals surface area contributed by atoms with Crippen LogP contribution in [0.1, 0.15) is 0 Å². The fourth-order valence-electron chi connectivity index (χ4n) is 7.34. The Morgan fingerprint density at radius 2 is 0.816 bits per heavy atom. The van der Waals surface area contributed by atoms with E-state index < -0.39 is 8.07 Å². The minimum atomic E-state index is -1.88. The molecule has 8 aromatic rings. The third-order valence-corrected chi connectivity index (χ3v) is 13.5. The van der Waals surface area contributed by atoms with E-state index >= 15 is 0 Å². The van der Waals surface area contributed by atoms with Crippen molar-refractivity contribution < 1.29 is 0 Å². The first-order valence-electron chi connectivity index (χ1n) is 16.8. The highest BCUT2D eigenvalue weighted by molar-refractivity contribution is 7.03. The van der Waals surface area contributed by atoms with Gasteiger partial charge in [0.1, 0.15) is 8.07 Å². The van der Waals surface area contributed by atoms with E-state index in [0.29, 0.717) is 17.5 Å². The maximum Gasteiger partial charge on any atom is 0.164 e. The summed E-state index contributed by atoms with van der Waals surface area (Å²) in [4.78, 5) is 15.6. The fourth-order valence-corrected chi connectivity index (χ4v) is 10.4. The minimum Gasteiger partial charge on any atom is -0.208 e. The van der Waals surface area contributed by atoms with Crippen LogP contribution >= 0.6 is 0 Å². The van der Waals surface area contributed by atoms with Crippen molar-refractivity contribution in [3.63, 3.8) is 0 Å². The van der Waals surface area contributed by atoms with E-state index in [1.807, 2.05) is 6.07 Å². The Kier molecular flexibility index (Phi) is 6.92. The molecule has 7 aromatic carbocycles. The summed E-state index contributed by atoms with van der Waals surface area (Å²) >= 11 is 0. The lowest BCUT2D eigenvalue weighted by Gasteiger charge is -2.19. The van der Waals surface area contributed by atoms with Crippen LogP contribution in [0.15, 0.2) is 164 Å². The number of nitrogens with zero attached hydrogens (tertiary/aromatic N) is 3. The quantitative estimate of drug-likeness (QED) is 0.175. The second-order valence-corrected chi connectivity index (χ2v) is 17.6. The number of fused-ring (bicyclic) bond motifs is 4. The van der Waals surface area contributed by atoms with Gasteiger partial charge in [0.15, 0.2) is 17.5 Å². The summed E-state index contributed by atoms with van der Waals surface area (Å²) in [7, 11) is -1.88. The summed E-state index contributed by atoms with van der Waals surface area (Å²) < 4.78 is 0. The molecule has 0 fully saturated rings. The van der Waals surface area contributed by atoms with Gasteiger partial charge in [-0.2, -0.15) is 0 Å². The molecule has 0 saturated carbocycles. The standard InChI is InChI=1S/C45H33N3Si/c1-49(2)41-20-12-11-18-38(41)39-26-25-36(29-42(39)49)44-46-43(47-45(48-44)40-19-10-9-17-37(40)31-15-7-4-8-16-31)35-24-23-33-27-32(21-22-34(33)28-35)30-13-5-3-6-14-30/h3-29H,1-2H3. The average molecular weight is 644 g/mol. The van der Waals surface area contributed by atoms with Crippen molar-refractivity contribution in [1.29, 1.82) is 0 Å². The van der Waals surface area contributed by atoms with Gasteiger partial charge in [-0.25, -0.2) is 15.0 Å². The van der Waals surface area contributed by atoms with Crippen LogP contribution in [0.3, 0.4) is 0 Å². The van der Waals surface area contributed by atoms with Gasteiger partial charge in [-0.15, -0.1) is 0 Å². The van der Waals surface area contributed by atoms with E-state index in [4.69, 9.17) is 15.0 Å². The third kappa shape index (κ3) is 5.09. The Balaban J connectivity index is 1.21. The Morgan fingerprint density at radius 3 is 1.53 bits per heavy atom. The van der Waals surface area contributed by atoms with Crippen molar-refractivity contribution in [2.24, 2.45) is 0 Å². The van der Waals surface area contributed by atoms with Crippen molar-refractivity contribution in [3.05, 3.63) is 164 Å². The zero-order valence-electron chi connectivity index (χ0n) is 27.4. The summed E-state index contributed by atoms with van der Waals surface area (Å²) in [6, 6.07) is 58.2. The molecule has 9 rings (SSSR count). The molecule has 0 radical (unpaired) electrons. The van der Waals surface area contributed by atoms with Crippen LogP contribution in [-0.4, -0.2) is 23.0 Å². The molecule has 4 heteroatoms. The normalized spacial score (nSPS) is 12.9. The van der Waals surface area contributed by atoms with Crippen LogP contribution < -0.4 is 10.4 Å². The van der Waals surface area contributed by atoms with Crippen LogP contribution in [-0.2, 0) is 0 Å². The Hall–Kier alpha value is -5.97. The number of benzene rings is 7. The smallest absolute Gasteiger partial charge is 0.164 e. The molecule has 2 heterocycles. The summed E-state index contributed by atoms with van der Waals surface area (Å²) in [5.41, 5.74) is 10.3. The highest BCUT2D eigenvalue weighted by atomic mass is 28.3. The maximum atomic E-state index is 5.21. The van der Waals surface area contributed by atoms with Gasteiger partial charge in [-0.05, 0) is 66.7 Å². The van der Waals surface area contributed by atoms with Crippen LogP contribution in [0, 0.1) is 0 Å². The molecular weight excluding hydrogens is 611 g/mol. The summed E-state index contributed by atoms with van der Waals surface area (Å²) in [6.45, 7) is 4.89. The zero-order chi connectivity index (χ0) is 33.0. The van der Waals surface area contributed by atoms with E-state index in [1.54, 1.807) is 0 Å². The number of hydrogen-bond donors (Lipinski definition) is 0.